The van der Waals surface area contributed by atoms with Gasteiger partial charge < -0.3 is 14.5 Å². The molecule has 1 aromatic rings. The third-order valence-corrected chi connectivity index (χ3v) is 5.27. The Kier molecular flexibility index (Phi) is 5.72. The summed E-state index contributed by atoms with van der Waals surface area (Å²) in [7, 11) is 0. The number of pyridine rings is 1. The van der Waals surface area contributed by atoms with E-state index in [2.05, 4.69) is 16.8 Å². The number of hydrogen-bond acceptors (Lipinski definition) is 4. The number of carbonyl (C=O) groups is 1. The fourth-order valence-electron chi connectivity index (χ4n) is 3.51. The van der Waals surface area contributed by atoms with Crippen molar-refractivity contribution in [3.05, 3.63) is 23.9 Å². The molecule has 0 saturated carbocycles. The van der Waals surface area contributed by atoms with E-state index in [0.717, 1.165) is 57.5 Å². The van der Waals surface area contributed by atoms with Crippen LogP contribution in [0, 0.1) is 11.8 Å². The van der Waals surface area contributed by atoms with Crippen LogP contribution in [0.2, 0.25) is 0 Å². The molecule has 2 saturated heterocycles. The van der Waals surface area contributed by atoms with Crippen molar-refractivity contribution >= 4 is 11.7 Å². The van der Waals surface area contributed by atoms with E-state index in [4.69, 9.17) is 4.74 Å². The van der Waals surface area contributed by atoms with Crippen molar-refractivity contribution in [3.63, 3.8) is 0 Å². The minimum atomic E-state index is 0.0794. The van der Waals surface area contributed by atoms with Crippen LogP contribution in [0.25, 0.3) is 0 Å². The quantitative estimate of drug-likeness (QED) is 0.832. The predicted molar refractivity (Wildman–Crippen MR) is 95.4 cm³/mol. The summed E-state index contributed by atoms with van der Waals surface area (Å²) in [6.07, 6.45) is 5.22. The molecule has 0 spiro atoms. The van der Waals surface area contributed by atoms with Gasteiger partial charge in [0.2, 0.25) is 0 Å². The number of rotatable bonds is 5. The normalized spacial score (nSPS) is 21.9. The summed E-state index contributed by atoms with van der Waals surface area (Å²) in [6, 6.07) is 3.92. The van der Waals surface area contributed by atoms with Crippen LogP contribution < -0.4 is 4.90 Å². The van der Waals surface area contributed by atoms with E-state index >= 15 is 0 Å². The van der Waals surface area contributed by atoms with Gasteiger partial charge in [-0.15, -0.1) is 0 Å². The fraction of sp³-hybridized carbons (Fsp3) is 0.684. The first-order valence-electron chi connectivity index (χ1n) is 9.25. The maximum Gasteiger partial charge on any atom is 0.255 e. The molecule has 0 unspecified atom stereocenters. The van der Waals surface area contributed by atoms with Crippen molar-refractivity contribution in [2.45, 2.75) is 33.1 Å². The average molecular weight is 331 g/mol. The van der Waals surface area contributed by atoms with Gasteiger partial charge in [-0.1, -0.05) is 6.92 Å². The van der Waals surface area contributed by atoms with Crippen LogP contribution in [0.3, 0.4) is 0 Å². The Morgan fingerprint density at radius 2 is 2.12 bits per heavy atom. The van der Waals surface area contributed by atoms with Crippen molar-refractivity contribution in [2.75, 3.05) is 44.3 Å². The second-order valence-electron chi connectivity index (χ2n) is 7.15. The maximum atomic E-state index is 12.7. The lowest BCUT2D eigenvalue weighted by molar-refractivity contribution is 0.0730. The molecule has 132 valence electrons. The van der Waals surface area contributed by atoms with Gasteiger partial charge in [-0.3, -0.25) is 4.79 Å². The molecule has 2 aliphatic rings. The van der Waals surface area contributed by atoms with Crippen LogP contribution in [-0.4, -0.2) is 55.2 Å². The van der Waals surface area contributed by atoms with E-state index in [1.165, 1.54) is 12.8 Å². The van der Waals surface area contributed by atoms with E-state index in [9.17, 15) is 4.79 Å². The standard InChI is InChI=1S/C19H29N3O2/c1-3-21(13-16-8-11-24-14-16)19(23)17-4-5-18(20-12-17)22-9-6-15(2)7-10-22/h4-5,12,15-16H,3,6-11,13-14H2,1-2H3/t16-/m1/s1. The summed E-state index contributed by atoms with van der Waals surface area (Å²) in [5, 5.41) is 0. The molecule has 5 heteroatoms. The summed E-state index contributed by atoms with van der Waals surface area (Å²) in [4.78, 5) is 21.5. The van der Waals surface area contributed by atoms with Gasteiger partial charge in [-0.25, -0.2) is 4.98 Å². The van der Waals surface area contributed by atoms with Crippen molar-refractivity contribution in [3.8, 4) is 0 Å². The second-order valence-corrected chi connectivity index (χ2v) is 7.15. The molecule has 0 N–H and O–H groups in total. The van der Waals surface area contributed by atoms with E-state index in [1.54, 1.807) is 6.20 Å². The van der Waals surface area contributed by atoms with E-state index in [1.807, 2.05) is 24.0 Å². The van der Waals surface area contributed by atoms with Gasteiger partial charge in [0.1, 0.15) is 5.82 Å². The van der Waals surface area contributed by atoms with Crippen LogP contribution >= 0.6 is 0 Å². The Hall–Kier alpha value is -1.62. The first-order valence-corrected chi connectivity index (χ1v) is 9.25. The summed E-state index contributed by atoms with van der Waals surface area (Å²) in [5.74, 6) is 2.35. The molecule has 3 heterocycles. The van der Waals surface area contributed by atoms with Crippen molar-refractivity contribution in [1.82, 2.24) is 9.88 Å². The van der Waals surface area contributed by atoms with Gasteiger partial charge >= 0.3 is 0 Å². The number of hydrogen-bond donors (Lipinski definition) is 0. The van der Waals surface area contributed by atoms with Gasteiger partial charge in [0, 0.05) is 44.9 Å². The molecule has 0 radical (unpaired) electrons. The van der Waals surface area contributed by atoms with E-state index < -0.39 is 0 Å². The van der Waals surface area contributed by atoms with Gasteiger partial charge in [0.05, 0.1) is 12.2 Å². The molecule has 1 amide bonds. The lowest BCUT2D eigenvalue weighted by Gasteiger charge is -2.31. The molecule has 0 aliphatic carbocycles. The number of ether oxygens (including phenoxy) is 1. The minimum absolute atomic E-state index is 0.0794. The zero-order valence-corrected chi connectivity index (χ0v) is 14.9. The minimum Gasteiger partial charge on any atom is -0.381 e. The maximum absolute atomic E-state index is 12.7. The molecule has 1 aromatic heterocycles. The van der Waals surface area contributed by atoms with Crippen LogP contribution in [0.5, 0.6) is 0 Å². The highest BCUT2D eigenvalue weighted by Crippen LogP contribution is 2.22. The molecule has 1 atom stereocenters. The number of anilines is 1. The van der Waals surface area contributed by atoms with Crippen molar-refractivity contribution in [1.29, 1.82) is 0 Å². The largest absolute Gasteiger partial charge is 0.381 e. The summed E-state index contributed by atoms with van der Waals surface area (Å²) in [6.45, 7) is 9.55. The Bertz CT molecular complexity index is 532. The Balaban J connectivity index is 1.61. The van der Waals surface area contributed by atoms with Crippen molar-refractivity contribution < 1.29 is 9.53 Å². The molecule has 5 nitrogen and oxygen atoms in total. The summed E-state index contributed by atoms with van der Waals surface area (Å²) >= 11 is 0. The topological polar surface area (TPSA) is 45.7 Å². The van der Waals surface area contributed by atoms with Gasteiger partial charge in [0.25, 0.3) is 5.91 Å². The third kappa shape index (κ3) is 4.07. The molecule has 2 fully saturated rings. The molecule has 2 aliphatic heterocycles. The van der Waals surface area contributed by atoms with Crippen molar-refractivity contribution in [2.24, 2.45) is 11.8 Å². The molecule has 3 rings (SSSR count). The van der Waals surface area contributed by atoms with Crippen LogP contribution in [-0.2, 0) is 4.74 Å². The van der Waals surface area contributed by atoms with E-state index in [0.29, 0.717) is 11.5 Å². The predicted octanol–water partition coefficient (Wildman–Crippen LogP) is 2.82. The highest BCUT2D eigenvalue weighted by atomic mass is 16.5. The van der Waals surface area contributed by atoms with E-state index in [-0.39, 0.29) is 5.91 Å². The van der Waals surface area contributed by atoms with Crippen LogP contribution in [0.15, 0.2) is 18.3 Å². The first kappa shape index (κ1) is 17.2. The van der Waals surface area contributed by atoms with Gasteiger partial charge in [0.15, 0.2) is 0 Å². The number of aromatic nitrogens is 1. The Labute approximate surface area is 145 Å². The third-order valence-electron chi connectivity index (χ3n) is 5.27. The number of carbonyl (C=O) groups excluding carboxylic acids is 1. The number of piperidine rings is 1. The lowest BCUT2D eigenvalue weighted by atomic mass is 9.99. The van der Waals surface area contributed by atoms with Crippen LogP contribution in [0.4, 0.5) is 5.82 Å². The highest BCUT2D eigenvalue weighted by Gasteiger charge is 2.23. The number of nitrogens with zero attached hydrogens (tertiary/aromatic N) is 3. The fourth-order valence-corrected chi connectivity index (χ4v) is 3.51. The summed E-state index contributed by atoms with van der Waals surface area (Å²) in [5.41, 5.74) is 0.685. The second kappa shape index (κ2) is 7.97. The number of amides is 1. The Morgan fingerprint density at radius 3 is 2.71 bits per heavy atom. The zero-order chi connectivity index (χ0) is 16.9. The smallest absolute Gasteiger partial charge is 0.255 e. The summed E-state index contributed by atoms with van der Waals surface area (Å²) < 4.78 is 5.42. The average Bonchev–Trinajstić information content (AvgIpc) is 3.13. The lowest BCUT2D eigenvalue weighted by Crippen LogP contribution is -2.36. The molecule has 24 heavy (non-hydrogen) atoms. The zero-order valence-electron chi connectivity index (χ0n) is 14.9. The molecular formula is C19H29N3O2. The SMILES string of the molecule is CCN(C[C@H]1CCOC1)C(=O)c1ccc(N2CCC(C)CC2)nc1. The Morgan fingerprint density at radius 1 is 1.33 bits per heavy atom. The van der Waals surface area contributed by atoms with Crippen LogP contribution in [0.1, 0.15) is 43.5 Å². The first-order chi connectivity index (χ1) is 11.7. The molecule has 0 bridgehead atoms. The highest BCUT2D eigenvalue weighted by molar-refractivity contribution is 5.94. The molecular weight excluding hydrogens is 302 g/mol. The van der Waals surface area contributed by atoms with Gasteiger partial charge in [-0.05, 0) is 44.2 Å². The molecule has 0 aromatic carbocycles. The monoisotopic (exact) mass is 331 g/mol. The van der Waals surface area contributed by atoms with Gasteiger partial charge in [-0.2, -0.15) is 0 Å².